The Morgan fingerprint density at radius 1 is 0.947 bits per heavy atom. The first-order chi connectivity index (χ1) is 18.0. The predicted molar refractivity (Wildman–Crippen MR) is 152 cm³/mol. The van der Waals surface area contributed by atoms with Crippen LogP contribution in [0.1, 0.15) is 37.0 Å². The van der Waals surface area contributed by atoms with Gasteiger partial charge in [0.15, 0.2) is 0 Å². The maximum absolute atomic E-state index is 13.8. The second kappa shape index (κ2) is 12.9. The molecule has 0 aliphatic heterocycles. The molecule has 7 nitrogen and oxygen atoms in total. The number of benzene rings is 3. The van der Waals surface area contributed by atoms with E-state index in [2.05, 4.69) is 5.32 Å². The molecule has 38 heavy (non-hydrogen) atoms. The molecule has 0 aromatic heterocycles. The fraction of sp³-hybridized carbons (Fsp3) is 0.310. The Morgan fingerprint density at radius 2 is 1.55 bits per heavy atom. The Labute approximate surface area is 230 Å². The molecular formula is C29H34ClN3O4S. The maximum atomic E-state index is 13.8. The lowest BCUT2D eigenvalue weighted by Gasteiger charge is -2.32. The van der Waals surface area contributed by atoms with Crippen molar-refractivity contribution in [1.82, 2.24) is 10.2 Å². The number of hydrogen-bond acceptors (Lipinski definition) is 4. The van der Waals surface area contributed by atoms with E-state index in [-0.39, 0.29) is 17.3 Å². The molecule has 0 unspecified atom stereocenters. The van der Waals surface area contributed by atoms with Crippen molar-refractivity contribution in [2.45, 2.75) is 51.6 Å². The highest BCUT2D eigenvalue weighted by atomic mass is 35.5. The molecule has 1 N–H and O–H groups in total. The van der Waals surface area contributed by atoms with Crippen LogP contribution in [0.15, 0.2) is 77.7 Å². The van der Waals surface area contributed by atoms with Gasteiger partial charge in [-0.05, 0) is 69.2 Å². The summed E-state index contributed by atoms with van der Waals surface area (Å²) in [6, 6.07) is 19.6. The minimum atomic E-state index is -4.09. The van der Waals surface area contributed by atoms with Gasteiger partial charge in [0.2, 0.25) is 11.8 Å². The zero-order valence-electron chi connectivity index (χ0n) is 22.1. The van der Waals surface area contributed by atoms with Crippen molar-refractivity contribution in [2.24, 2.45) is 0 Å². The molecule has 3 aromatic carbocycles. The Hall–Kier alpha value is -3.36. The third kappa shape index (κ3) is 7.36. The summed E-state index contributed by atoms with van der Waals surface area (Å²) in [5, 5.41) is 3.33. The van der Waals surface area contributed by atoms with E-state index in [9.17, 15) is 18.0 Å². The third-order valence-electron chi connectivity index (χ3n) is 6.17. The van der Waals surface area contributed by atoms with Gasteiger partial charge in [-0.1, -0.05) is 66.0 Å². The monoisotopic (exact) mass is 555 g/mol. The fourth-order valence-electron chi connectivity index (χ4n) is 3.89. The molecule has 0 aliphatic carbocycles. The van der Waals surface area contributed by atoms with Crippen molar-refractivity contribution >= 4 is 39.1 Å². The topological polar surface area (TPSA) is 86.8 Å². The molecule has 2 amide bonds. The number of halogens is 1. The predicted octanol–water partition coefficient (Wildman–Crippen LogP) is 5.10. The number of rotatable bonds is 11. The van der Waals surface area contributed by atoms with E-state index in [0.29, 0.717) is 17.3 Å². The van der Waals surface area contributed by atoms with Gasteiger partial charge in [-0.25, -0.2) is 8.42 Å². The molecule has 0 saturated heterocycles. The van der Waals surface area contributed by atoms with Crippen molar-refractivity contribution in [3.05, 3.63) is 94.5 Å². The number of aryl methyl sites for hydroxylation is 2. The largest absolute Gasteiger partial charge is 0.354 e. The molecule has 9 heteroatoms. The van der Waals surface area contributed by atoms with Crippen LogP contribution in [0.4, 0.5) is 5.69 Å². The molecule has 1 atom stereocenters. The molecule has 3 aromatic rings. The van der Waals surface area contributed by atoms with Gasteiger partial charge >= 0.3 is 0 Å². The quantitative estimate of drug-likeness (QED) is 0.357. The normalized spacial score (nSPS) is 12.0. The number of anilines is 1. The van der Waals surface area contributed by atoms with Gasteiger partial charge in [0.25, 0.3) is 10.0 Å². The van der Waals surface area contributed by atoms with Gasteiger partial charge in [0, 0.05) is 18.1 Å². The molecule has 0 fully saturated rings. The van der Waals surface area contributed by atoms with Gasteiger partial charge in [-0.15, -0.1) is 0 Å². The first-order valence-corrected chi connectivity index (χ1v) is 14.3. The van der Waals surface area contributed by atoms with Crippen LogP contribution >= 0.6 is 11.6 Å². The summed E-state index contributed by atoms with van der Waals surface area (Å²) in [5.41, 5.74) is 2.96. The van der Waals surface area contributed by atoms with Gasteiger partial charge in [-0.3, -0.25) is 13.9 Å². The van der Waals surface area contributed by atoms with Crippen LogP contribution in [-0.2, 0) is 26.2 Å². The lowest BCUT2D eigenvalue weighted by molar-refractivity contribution is -0.139. The summed E-state index contributed by atoms with van der Waals surface area (Å²) in [6.45, 7) is 7.43. The van der Waals surface area contributed by atoms with Crippen LogP contribution < -0.4 is 9.62 Å². The summed E-state index contributed by atoms with van der Waals surface area (Å²) in [6.07, 6.45) is 0.747. The summed E-state index contributed by atoms with van der Waals surface area (Å²) in [5.74, 6) is -0.828. The molecule has 0 radical (unpaired) electrons. The van der Waals surface area contributed by atoms with E-state index >= 15 is 0 Å². The molecule has 0 bridgehead atoms. The smallest absolute Gasteiger partial charge is 0.264 e. The lowest BCUT2D eigenvalue weighted by atomic mass is 10.1. The minimum absolute atomic E-state index is 0.0756. The second-order valence-corrected chi connectivity index (χ2v) is 11.6. The van der Waals surface area contributed by atoms with Crippen LogP contribution in [0.25, 0.3) is 0 Å². The Morgan fingerprint density at radius 3 is 2.13 bits per heavy atom. The van der Waals surface area contributed by atoms with Gasteiger partial charge in [0.05, 0.1) is 10.6 Å². The zero-order chi connectivity index (χ0) is 27.9. The van der Waals surface area contributed by atoms with Crippen molar-refractivity contribution in [3.8, 4) is 0 Å². The van der Waals surface area contributed by atoms with Crippen molar-refractivity contribution < 1.29 is 18.0 Å². The minimum Gasteiger partial charge on any atom is -0.354 e. The average Bonchev–Trinajstić information content (AvgIpc) is 2.89. The molecule has 0 spiro atoms. The van der Waals surface area contributed by atoms with Gasteiger partial charge < -0.3 is 10.2 Å². The number of carbonyl (C=O) groups excluding carboxylic acids is 2. The molecule has 0 aliphatic rings. The van der Waals surface area contributed by atoms with E-state index in [4.69, 9.17) is 11.6 Å². The number of nitrogens with one attached hydrogen (secondary N) is 1. The van der Waals surface area contributed by atoms with E-state index < -0.39 is 28.5 Å². The molecule has 3 rings (SSSR count). The number of hydrogen-bond donors (Lipinski definition) is 1. The molecular weight excluding hydrogens is 522 g/mol. The van der Waals surface area contributed by atoms with Crippen LogP contribution in [-0.4, -0.2) is 44.3 Å². The summed E-state index contributed by atoms with van der Waals surface area (Å²) in [7, 11) is -4.09. The zero-order valence-corrected chi connectivity index (χ0v) is 23.7. The van der Waals surface area contributed by atoms with Gasteiger partial charge in [-0.2, -0.15) is 0 Å². The first kappa shape index (κ1) is 29.2. The highest BCUT2D eigenvalue weighted by Gasteiger charge is 2.32. The molecule has 202 valence electrons. The van der Waals surface area contributed by atoms with Crippen LogP contribution in [0.2, 0.25) is 5.02 Å². The van der Waals surface area contributed by atoms with E-state index in [1.165, 1.54) is 17.0 Å². The summed E-state index contributed by atoms with van der Waals surface area (Å²) >= 11 is 6.16. The van der Waals surface area contributed by atoms with Crippen LogP contribution in [0, 0.1) is 13.8 Å². The fourth-order valence-corrected chi connectivity index (χ4v) is 5.51. The SMILES string of the molecule is CCCNC(=O)[C@@H](C)N(Cc1cccc(Cl)c1)C(=O)CN(c1ccc(C)cc1)S(=O)(=O)c1ccc(C)cc1. The van der Waals surface area contributed by atoms with E-state index in [0.717, 1.165) is 27.4 Å². The third-order valence-corrected chi connectivity index (χ3v) is 8.19. The standard InChI is InChI=1S/C29H34ClN3O4S/c1-5-17-31-29(35)23(4)32(19-24-7-6-8-25(30)18-24)28(34)20-33(26-13-9-21(2)10-14-26)38(36,37)27-15-11-22(3)12-16-27/h6-16,18,23H,5,17,19-20H2,1-4H3,(H,31,35)/t23-/m1/s1. The summed E-state index contributed by atoms with van der Waals surface area (Å²) in [4.78, 5) is 28.2. The number of amides is 2. The maximum Gasteiger partial charge on any atom is 0.264 e. The highest BCUT2D eigenvalue weighted by Crippen LogP contribution is 2.25. The lowest BCUT2D eigenvalue weighted by Crippen LogP contribution is -2.51. The number of nitrogens with zero attached hydrogens (tertiary/aromatic N) is 2. The van der Waals surface area contributed by atoms with E-state index in [1.54, 1.807) is 61.5 Å². The van der Waals surface area contributed by atoms with Crippen molar-refractivity contribution in [3.63, 3.8) is 0 Å². The Kier molecular flexibility index (Phi) is 9.94. The highest BCUT2D eigenvalue weighted by molar-refractivity contribution is 7.92. The van der Waals surface area contributed by atoms with Crippen molar-refractivity contribution in [1.29, 1.82) is 0 Å². The van der Waals surface area contributed by atoms with Crippen LogP contribution in [0.3, 0.4) is 0 Å². The molecule has 0 heterocycles. The Balaban J connectivity index is 2.01. The number of carbonyl (C=O) groups is 2. The molecule has 0 saturated carbocycles. The van der Waals surface area contributed by atoms with Crippen molar-refractivity contribution in [2.75, 3.05) is 17.4 Å². The van der Waals surface area contributed by atoms with Crippen LogP contribution in [0.5, 0.6) is 0 Å². The first-order valence-electron chi connectivity index (χ1n) is 12.5. The second-order valence-electron chi connectivity index (χ2n) is 9.28. The Bertz CT molecular complexity index is 1360. The average molecular weight is 556 g/mol. The van der Waals surface area contributed by atoms with E-state index in [1.807, 2.05) is 26.8 Å². The summed E-state index contributed by atoms with van der Waals surface area (Å²) < 4.78 is 28.7. The number of sulfonamides is 1. The van der Waals surface area contributed by atoms with Gasteiger partial charge in [0.1, 0.15) is 12.6 Å².